The van der Waals surface area contributed by atoms with Gasteiger partial charge in [-0.1, -0.05) is 12.1 Å². The molecule has 0 saturated carbocycles. The number of amides is 1. The van der Waals surface area contributed by atoms with Crippen LogP contribution in [0, 0.1) is 0 Å². The molecule has 1 aliphatic rings. The Morgan fingerprint density at radius 3 is 2.72 bits per heavy atom. The number of hydrogen-bond acceptors (Lipinski definition) is 5. The third-order valence-electron chi connectivity index (χ3n) is 4.04. The molecule has 5 nitrogen and oxygen atoms in total. The highest BCUT2D eigenvalue weighted by atomic mass is 32.1. The molecule has 8 heteroatoms. The molecule has 1 fully saturated rings. The average molecular weight is 367 g/mol. The highest BCUT2D eigenvalue weighted by Gasteiger charge is 2.20. The maximum atomic E-state index is 12.2. The molecule has 1 amide bonds. The second-order valence-electron chi connectivity index (χ2n) is 5.80. The van der Waals surface area contributed by atoms with Gasteiger partial charge in [0.2, 0.25) is 0 Å². The number of aromatic nitrogens is 1. The van der Waals surface area contributed by atoms with Gasteiger partial charge in [-0.05, 0) is 43.6 Å². The van der Waals surface area contributed by atoms with E-state index in [1.807, 2.05) is 0 Å². The van der Waals surface area contributed by atoms with E-state index in [1.54, 1.807) is 17.5 Å². The van der Waals surface area contributed by atoms with Gasteiger partial charge >= 0.3 is 6.61 Å². The molecule has 1 aromatic carbocycles. The zero-order valence-electron chi connectivity index (χ0n) is 13.5. The average Bonchev–Trinajstić information content (AvgIpc) is 3.11. The van der Waals surface area contributed by atoms with Crippen molar-refractivity contribution >= 4 is 17.2 Å². The second-order valence-corrected chi connectivity index (χ2v) is 6.69. The van der Waals surface area contributed by atoms with Gasteiger partial charge in [0.1, 0.15) is 11.4 Å². The highest BCUT2D eigenvalue weighted by molar-refractivity contribution is 7.09. The predicted octanol–water partition coefficient (Wildman–Crippen LogP) is 3.14. The number of nitrogens with zero attached hydrogens (tertiary/aromatic N) is 1. The summed E-state index contributed by atoms with van der Waals surface area (Å²) in [4.78, 5) is 16.7. The van der Waals surface area contributed by atoms with E-state index in [4.69, 9.17) is 0 Å². The fourth-order valence-corrected chi connectivity index (χ4v) is 3.68. The molecule has 0 atom stereocenters. The fourth-order valence-electron chi connectivity index (χ4n) is 2.71. The quantitative estimate of drug-likeness (QED) is 0.823. The van der Waals surface area contributed by atoms with Crippen molar-refractivity contribution in [2.24, 2.45) is 0 Å². The smallest absolute Gasteiger partial charge is 0.387 e. The van der Waals surface area contributed by atoms with Gasteiger partial charge < -0.3 is 15.4 Å². The third-order valence-corrected chi connectivity index (χ3v) is 5.05. The lowest BCUT2D eigenvalue weighted by molar-refractivity contribution is -0.0498. The van der Waals surface area contributed by atoms with Crippen molar-refractivity contribution in [3.8, 4) is 5.75 Å². The number of nitrogens with one attached hydrogen (secondary N) is 2. The molecule has 2 N–H and O–H groups in total. The lowest BCUT2D eigenvalue weighted by atomic mass is 9.99. The first kappa shape index (κ1) is 17.8. The minimum absolute atomic E-state index is 0.0937. The Morgan fingerprint density at radius 1 is 1.32 bits per heavy atom. The van der Waals surface area contributed by atoms with Crippen LogP contribution >= 0.6 is 11.3 Å². The van der Waals surface area contributed by atoms with Crippen molar-refractivity contribution in [2.45, 2.75) is 31.9 Å². The molecule has 2 aromatic rings. The Kier molecular flexibility index (Phi) is 5.93. The highest BCUT2D eigenvalue weighted by Crippen LogP contribution is 2.27. The van der Waals surface area contributed by atoms with E-state index in [9.17, 15) is 13.6 Å². The van der Waals surface area contributed by atoms with Crippen LogP contribution in [0.2, 0.25) is 0 Å². The van der Waals surface area contributed by atoms with E-state index in [0.29, 0.717) is 18.2 Å². The van der Waals surface area contributed by atoms with Crippen LogP contribution < -0.4 is 15.4 Å². The molecular formula is C17H19F2N3O2S. The van der Waals surface area contributed by atoms with Crippen molar-refractivity contribution in [2.75, 3.05) is 13.1 Å². The van der Waals surface area contributed by atoms with Crippen molar-refractivity contribution in [3.63, 3.8) is 0 Å². The summed E-state index contributed by atoms with van der Waals surface area (Å²) in [7, 11) is 0. The van der Waals surface area contributed by atoms with Gasteiger partial charge in [0.25, 0.3) is 5.91 Å². The lowest BCUT2D eigenvalue weighted by Gasteiger charge is -2.20. The first-order chi connectivity index (χ1) is 12.1. The fraction of sp³-hybridized carbons (Fsp3) is 0.412. The SMILES string of the molecule is O=C(NCc1ccc(OC(F)F)cc1)c1csc(C2CCNCC2)n1. The molecule has 1 aromatic heterocycles. The van der Waals surface area contributed by atoms with E-state index in [0.717, 1.165) is 36.5 Å². The van der Waals surface area contributed by atoms with Crippen LogP contribution in [0.3, 0.4) is 0 Å². The summed E-state index contributed by atoms with van der Waals surface area (Å²) in [6, 6.07) is 6.18. The van der Waals surface area contributed by atoms with E-state index < -0.39 is 6.61 Å². The summed E-state index contributed by atoms with van der Waals surface area (Å²) in [5.74, 6) is 0.288. The largest absolute Gasteiger partial charge is 0.435 e. The molecule has 0 radical (unpaired) electrons. The standard InChI is InChI=1S/C17H19F2N3O2S/c18-17(19)24-13-3-1-11(2-4-13)9-21-15(23)14-10-25-16(22-14)12-5-7-20-8-6-12/h1-4,10,12,17,20H,5-9H2,(H,21,23). The number of hydrogen-bond donors (Lipinski definition) is 2. The topological polar surface area (TPSA) is 63.2 Å². The monoisotopic (exact) mass is 367 g/mol. The summed E-state index contributed by atoms with van der Waals surface area (Å²) in [6.07, 6.45) is 2.09. The van der Waals surface area contributed by atoms with Crippen molar-refractivity contribution in [1.29, 1.82) is 0 Å². The van der Waals surface area contributed by atoms with E-state index >= 15 is 0 Å². The number of benzene rings is 1. The van der Waals surface area contributed by atoms with Crippen LogP contribution in [0.1, 0.15) is 39.8 Å². The Balaban J connectivity index is 1.53. The molecule has 2 heterocycles. The van der Waals surface area contributed by atoms with Crippen LogP contribution in [0.25, 0.3) is 0 Å². The second kappa shape index (κ2) is 8.35. The van der Waals surface area contributed by atoms with E-state index in [2.05, 4.69) is 20.4 Å². The summed E-state index contributed by atoms with van der Waals surface area (Å²) in [5.41, 5.74) is 1.22. The number of carbonyl (C=O) groups excluding carboxylic acids is 1. The zero-order valence-corrected chi connectivity index (χ0v) is 14.3. The summed E-state index contributed by atoms with van der Waals surface area (Å²) >= 11 is 1.53. The van der Waals surface area contributed by atoms with Gasteiger partial charge in [-0.25, -0.2) is 4.98 Å². The molecular weight excluding hydrogens is 348 g/mol. The third kappa shape index (κ3) is 4.96. The van der Waals surface area contributed by atoms with Gasteiger partial charge in [0, 0.05) is 17.8 Å². The molecule has 0 bridgehead atoms. The van der Waals surface area contributed by atoms with Gasteiger partial charge in [0.05, 0.1) is 5.01 Å². The first-order valence-electron chi connectivity index (χ1n) is 8.10. The zero-order chi connectivity index (χ0) is 17.6. The number of piperidine rings is 1. The summed E-state index contributed by atoms with van der Waals surface area (Å²) < 4.78 is 28.5. The number of thiazole rings is 1. The summed E-state index contributed by atoms with van der Waals surface area (Å²) in [5, 5.41) is 8.91. The minimum atomic E-state index is -2.84. The normalized spacial score (nSPS) is 15.3. The minimum Gasteiger partial charge on any atom is -0.435 e. The molecule has 3 rings (SSSR count). The summed E-state index contributed by atoms with van der Waals surface area (Å²) in [6.45, 7) is -0.577. The van der Waals surface area contributed by atoms with Gasteiger partial charge in [-0.3, -0.25) is 4.79 Å². The molecule has 1 saturated heterocycles. The number of rotatable bonds is 6. The predicted molar refractivity (Wildman–Crippen MR) is 91.2 cm³/mol. The molecule has 0 aliphatic carbocycles. The molecule has 0 spiro atoms. The lowest BCUT2D eigenvalue weighted by Crippen LogP contribution is -2.27. The van der Waals surface area contributed by atoms with Gasteiger partial charge in [0.15, 0.2) is 0 Å². The Morgan fingerprint density at radius 2 is 2.04 bits per heavy atom. The molecule has 134 valence electrons. The van der Waals surface area contributed by atoms with Crippen molar-refractivity contribution in [3.05, 3.63) is 45.9 Å². The maximum absolute atomic E-state index is 12.2. The molecule has 0 unspecified atom stereocenters. The van der Waals surface area contributed by atoms with Crippen molar-refractivity contribution in [1.82, 2.24) is 15.6 Å². The Hall–Kier alpha value is -2.06. The maximum Gasteiger partial charge on any atom is 0.387 e. The van der Waals surface area contributed by atoms with Gasteiger partial charge in [-0.2, -0.15) is 8.78 Å². The Bertz CT molecular complexity index is 700. The Labute approximate surface area is 148 Å². The van der Waals surface area contributed by atoms with Crippen LogP contribution in [0.4, 0.5) is 8.78 Å². The molecule has 25 heavy (non-hydrogen) atoms. The number of ether oxygens (including phenoxy) is 1. The number of alkyl halides is 2. The van der Waals surface area contributed by atoms with Crippen molar-refractivity contribution < 1.29 is 18.3 Å². The van der Waals surface area contributed by atoms with Crippen LogP contribution in [-0.4, -0.2) is 30.6 Å². The number of carbonyl (C=O) groups is 1. The van der Waals surface area contributed by atoms with Crippen LogP contribution in [-0.2, 0) is 6.54 Å². The van der Waals surface area contributed by atoms with Gasteiger partial charge in [-0.15, -0.1) is 11.3 Å². The van der Waals surface area contributed by atoms with E-state index in [1.165, 1.54) is 23.5 Å². The van der Waals surface area contributed by atoms with E-state index in [-0.39, 0.29) is 11.7 Å². The first-order valence-corrected chi connectivity index (χ1v) is 8.98. The van der Waals surface area contributed by atoms with Crippen LogP contribution in [0.15, 0.2) is 29.6 Å². The molecule has 1 aliphatic heterocycles. The van der Waals surface area contributed by atoms with Crippen LogP contribution in [0.5, 0.6) is 5.75 Å². The number of halogens is 2.